The van der Waals surface area contributed by atoms with Crippen LogP contribution in [0.2, 0.25) is 5.02 Å². The van der Waals surface area contributed by atoms with Gasteiger partial charge in [-0.2, -0.15) is 0 Å². The number of fused-ring (bicyclic) bond motifs is 4. The Bertz CT molecular complexity index is 1550. The largest absolute Gasteiger partial charge is 0.356 e. The van der Waals surface area contributed by atoms with Crippen LogP contribution in [-0.2, 0) is 22.6 Å². The van der Waals surface area contributed by atoms with E-state index in [-0.39, 0.29) is 30.6 Å². The van der Waals surface area contributed by atoms with Gasteiger partial charge in [0.15, 0.2) is 0 Å². The van der Waals surface area contributed by atoms with Gasteiger partial charge in [0.25, 0.3) is 5.69 Å². The molecule has 1 N–H and O–H groups in total. The summed E-state index contributed by atoms with van der Waals surface area (Å²) in [5.41, 5.74) is 3.92. The Morgan fingerprint density at radius 2 is 1.81 bits per heavy atom. The van der Waals surface area contributed by atoms with Crippen LogP contribution in [0.5, 0.6) is 0 Å². The summed E-state index contributed by atoms with van der Waals surface area (Å²) < 4.78 is 0. The van der Waals surface area contributed by atoms with E-state index in [1.54, 1.807) is 28.0 Å². The van der Waals surface area contributed by atoms with Crippen molar-refractivity contribution in [2.24, 2.45) is 0 Å². The van der Waals surface area contributed by atoms with Crippen LogP contribution in [0.15, 0.2) is 72.8 Å². The number of nitro benzene ring substituents is 1. The number of H-pyrrole nitrogens is 1. The molecule has 2 aliphatic rings. The van der Waals surface area contributed by atoms with Crippen LogP contribution in [0.1, 0.15) is 28.4 Å². The van der Waals surface area contributed by atoms with Crippen molar-refractivity contribution in [1.82, 2.24) is 14.8 Å². The minimum Gasteiger partial charge on any atom is -0.356 e. The molecule has 2 amide bonds. The Balaban J connectivity index is 1.47. The second-order valence-electron chi connectivity index (χ2n) is 9.12. The number of hydrogen-bond acceptors (Lipinski definition) is 4. The summed E-state index contributed by atoms with van der Waals surface area (Å²) in [6.45, 7) is 0.137. The molecule has 1 saturated heterocycles. The topological polar surface area (TPSA) is 99.5 Å². The zero-order chi connectivity index (χ0) is 25.0. The fraction of sp³-hybridized carbons (Fsp3) is 0.185. The molecule has 0 unspecified atom stereocenters. The second kappa shape index (κ2) is 8.49. The molecule has 1 fully saturated rings. The number of non-ortho nitro benzene ring substituents is 1. The maximum absolute atomic E-state index is 13.8. The molecular formula is C27H21ClN4O4. The number of aromatic amines is 1. The van der Waals surface area contributed by atoms with Crippen molar-refractivity contribution in [2.45, 2.75) is 25.0 Å². The summed E-state index contributed by atoms with van der Waals surface area (Å²) in [7, 11) is 0. The molecule has 3 heterocycles. The molecule has 3 aromatic carbocycles. The summed E-state index contributed by atoms with van der Waals surface area (Å²) in [6, 6.07) is 20.0. The molecule has 2 atom stereocenters. The van der Waals surface area contributed by atoms with Crippen LogP contribution >= 0.6 is 11.6 Å². The van der Waals surface area contributed by atoms with Crippen molar-refractivity contribution in [3.05, 3.63) is 110 Å². The highest BCUT2D eigenvalue weighted by Gasteiger charge is 2.48. The van der Waals surface area contributed by atoms with Gasteiger partial charge >= 0.3 is 0 Å². The van der Waals surface area contributed by atoms with Gasteiger partial charge in [-0.25, -0.2) is 0 Å². The van der Waals surface area contributed by atoms with Crippen LogP contribution in [0.4, 0.5) is 5.69 Å². The van der Waals surface area contributed by atoms with E-state index in [9.17, 15) is 19.7 Å². The first-order valence-electron chi connectivity index (χ1n) is 11.6. The molecule has 2 aliphatic heterocycles. The molecule has 0 saturated carbocycles. The number of nitrogens with one attached hydrogen (secondary N) is 1. The monoisotopic (exact) mass is 500 g/mol. The van der Waals surface area contributed by atoms with Gasteiger partial charge in [-0.1, -0.05) is 60.1 Å². The molecule has 36 heavy (non-hydrogen) atoms. The highest BCUT2D eigenvalue weighted by Crippen LogP contribution is 2.43. The summed E-state index contributed by atoms with van der Waals surface area (Å²) in [5, 5.41) is 13.0. The van der Waals surface area contributed by atoms with E-state index in [0.29, 0.717) is 17.0 Å². The van der Waals surface area contributed by atoms with Crippen molar-refractivity contribution in [3.63, 3.8) is 0 Å². The molecule has 180 valence electrons. The minimum atomic E-state index is -0.732. The van der Waals surface area contributed by atoms with Gasteiger partial charge in [-0.3, -0.25) is 19.7 Å². The number of rotatable bonds is 4. The third-order valence-corrected chi connectivity index (χ3v) is 7.43. The quantitative estimate of drug-likeness (QED) is 0.326. The molecule has 0 spiro atoms. The third-order valence-electron chi connectivity index (χ3n) is 7.06. The average Bonchev–Trinajstić information content (AvgIpc) is 3.25. The SMILES string of the molecule is O=C1[C@H]2Cc3c([nH]c4ccccc34)[C@@H](c3cccc([N+](=O)[O-])c3)N2C(=O)CN1Cc1ccccc1Cl. The highest BCUT2D eigenvalue weighted by molar-refractivity contribution is 6.31. The molecule has 0 radical (unpaired) electrons. The average molecular weight is 501 g/mol. The first kappa shape index (κ1) is 22.3. The van der Waals surface area contributed by atoms with E-state index >= 15 is 0 Å². The Hall–Kier alpha value is -4.17. The van der Waals surface area contributed by atoms with Gasteiger partial charge in [0.2, 0.25) is 11.8 Å². The van der Waals surface area contributed by atoms with Crippen molar-refractivity contribution in [2.75, 3.05) is 6.54 Å². The predicted molar refractivity (Wildman–Crippen MR) is 134 cm³/mol. The van der Waals surface area contributed by atoms with Gasteiger partial charge in [0.05, 0.1) is 11.0 Å². The Morgan fingerprint density at radius 1 is 1.03 bits per heavy atom. The molecule has 0 aliphatic carbocycles. The van der Waals surface area contributed by atoms with Crippen LogP contribution < -0.4 is 0 Å². The normalized spacial score (nSPS) is 19.4. The number of hydrogen-bond donors (Lipinski definition) is 1. The number of carbonyl (C=O) groups is 2. The molecular weight excluding hydrogens is 480 g/mol. The number of aromatic nitrogens is 1. The van der Waals surface area contributed by atoms with Crippen LogP contribution in [0.3, 0.4) is 0 Å². The third kappa shape index (κ3) is 3.53. The maximum Gasteiger partial charge on any atom is 0.269 e. The van der Waals surface area contributed by atoms with E-state index in [4.69, 9.17) is 11.6 Å². The lowest BCUT2D eigenvalue weighted by Gasteiger charge is -2.47. The van der Waals surface area contributed by atoms with E-state index < -0.39 is 17.0 Å². The number of para-hydroxylation sites is 1. The van der Waals surface area contributed by atoms with Crippen LogP contribution in [-0.4, -0.2) is 44.1 Å². The van der Waals surface area contributed by atoms with Crippen molar-refractivity contribution < 1.29 is 14.5 Å². The lowest BCUT2D eigenvalue weighted by Crippen LogP contribution is -2.62. The number of piperazine rings is 1. The second-order valence-corrected chi connectivity index (χ2v) is 9.53. The first-order valence-corrected chi connectivity index (χ1v) is 12.0. The fourth-order valence-electron chi connectivity index (χ4n) is 5.44. The molecule has 9 heteroatoms. The standard InChI is InChI=1S/C27H21ClN4O4/c28-21-10-3-1-6-17(21)14-30-15-24(33)31-23(27(30)34)13-20-19-9-2-4-11-22(19)29-25(20)26(31)16-7-5-8-18(12-16)32(35)36/h1-12,23,26,29H,13-15H2/t23-,26-/m1/s1. The van der Waals surface area contributed by atoms with E-state index in [1.165, 1.54) is 12.1 Å². The Labute approximate surface area is 211 Å². The van der Waals surface area contributed by atoms with E-state index in [0.717, 1.165) is 27.7 Å². The molecule has 6 rings (SSSR count). The van der Waals surface area contributed by atoms with Crippen molar-refractivity contribution >= 4 is 40.0 Å². The molecule has 0 bridgehead atoms. The summed E-state index contributed by atoms with van der Waals surface area (Å²) >= 11 is 6.33. The molecule has 4 aromatic rings. The number of benzene rings is 3. The smallest absolute Gasteiger partial charge is 0.269 e. The minimum absolute atomic E-state index is 0.0663. The van der Waals surface area contributed by atoms with Gasteiger partial charge in [-0.15, -0.1) is 0 Å². The number of halogens is 1. The number of nitro groups is 1. The maximum atomic E-state index is 13.8. The highest BCUT2D eigenvalue weighted by atomic mass is 35.5. The summed E-state index contributed by atoms with van der Waals surface area (Å²) in [6.07, 6.45) is 0.356. The van der Waals surface area contributed by atoms with E-state index in [1.807, 2.05) is 42.5 Å². The van der Waals surface area contributed by atoms with Crippen LogP contribution in [0, 0.1) is 10.1 Å². The fourth-order valence-corrected chi connectivity index (χ4v) is 5.64. The Morgan fingerprint density at radius 3 is 2.61 bits per heavy atom. The Kier molecular flexibility index (Phi) is 5.26. The van der Waals surface area contributed by atoms with Crippen molar-refractivity contribution in [3.8, 4) is 0 Å². The lowest BCUT2D eigenvalue weighted by atomic mass is 9.86. The first-order chi connectivity index (χ1) is 17.4. The van der Waals surface area contributed by atoms with Gasteiger partial charge in [0.1, 0.15) is 12.6 Å². The van der Waals surface area contributed by atoms with Crippen molar-refractivity contribution in [1.29, 1.82) is 0 Å². The number of nitrogens with zero attached hydrogens (tertiary/aromatic N) is 3. The van der Waals surface area contributed by atoms with Gasteiger partial charge < -0.3 is 14.8 Å². The zero-order valence-corrected chi connectivity index (χ0v) is 19.8. The van der Waals surface area contributed by atoms with Crippen LogP contribution in [0.25, 0.3) is 10.9 Å². The number of carbonyl (C=O) groups excluding carboxylic acids is 2. The molecule has 8 nitrogen and oxygen atoms in total. The zero-order valence-electron chi connectivity index (χ0n) is 19.1. The van der Waals surface area contributed by atoms with E-state index in [2.05, 4.69) is 4.98 Å². The summed E-state index contributed by atoms with van der Waals surface area (Å²) in [4.78, 5) is 45.1. The predicted octanol–water partition coefficient (Wildman–Crippen LogP) is 4.61. The molecule has 1 aromatic heterocycles. The van der Waals surface area contributed by atoms with Gasteiger partial charge in [-0.05, 0) is 28.8 Å². The lowest BCUT2D eigenvalue weighted by molar-refractivity contribution is -0.384. The number of amides is 2. The summed E-state index contributed by atoms with van der Waals surface area (Å²) in [5.74, 6) is -0.381. The van der Waals surface area contributed by atoms with Gasteiger partial charge in [0, 0.05) is 46.7 Å².